The van der Waals surface area contributed by atoms with E-state index < -0.39 is 12.1 Å². The van der Waals surface area contributed by atoms with E-state index in [0.717, 1.165) is 6.42 Å². The Morgan fingerprint density at radius 2 is 1.54 bits per heavy atom. The third-order valence-electron chi connectivity index (χ3n) is 5.23. The van der Waals surface area contributed by atoms with Crippen LogP contribution in [0.5, 0.6) is 0 Å². The molecule has 2 aromatic carbocycles. The van der Waals surface area contributed by atoms with Crippen LogP contribution in [0.25, 0.3) is 11.1 Å². The number of carbonyl (C=O) groups excluding carboxylic acids is 2. The standard InChI is InChI=1S/C23H28N2O3/c1-15(2)12-13-21(22(26)24-3)25-23(27)28-14-20-18-10-6-4-8-16(18)17-9-5-7-11-19(17)20/h4-11,15,20-21H,12-14H2,1-3H3,(H,24,26)(H,25,27). The first-order valence-electron chi connectivity index (χ1n) is 9.84. The predicted molar refractivity (Wildman–Crippen MR) is 110 cm³/mol. The van der Waals surface area contributed by atoms with Crippen molar-refractivity contribution in [1.29, 1.82) is 0 Å². The van der Waals surface area contributed by atoms with Crippen LogP contribution in [0.1, 0.15) is 43.7 Å². The van der Waals surface area contributed by atoms with Gasteiger partial charge in [0.2, 0.25) is 5.91 Å². The van der Waals surface area contributed by atoms with Crippen LogP contribution in [0.3, 0.4) is 0 Å². The second kappa shape index (κ2) is 8.91. The molecule has 0 spiro atoms. The second-order valence-corrected chi connectivity index (χ2v) is 7.61. The molecule has 5 heteroatoms. The Morgan fingerprint density at radius 1 is 0.964 bits per heavy atom. The summed E-state index contributed by atoms with van der Waals surface area (Å²) < 4.78 is 5.54. The number of ether oxygens (including phenoxy) is 1. The molecule has 2 aromatic rings. The van der Waals surface area contributed by atoms with Crippen LogP contribution in [0.15, 0.2) is 48.5 Å². The molecule has 3 rings (SSSR count). The van der Waals surface area contributed by atoms with E-state index >= 15 is 0 Å². The van der Waals surface area contributed by atoms with Gasteiger partial charge in [-0.05, 0) is 41.0 Å². The molecule has 1 aliphatic carbocycles. The van der Waals surface area contributed by atoms with Gasteiger partial charge in [0.15, 0.2) is 0 Å². The first kappa shape index (κ1) is 19.9. The lowest BCUT2D eigenvalue weighted by Gasteiger charge is -2.19. The molecule has 0 fully saturated rings. The van der Waals surface area contributed by atoms with Crippen molar-refractivity contribution in [2.24, 2.45) is 5.92 Å². The highest BCUT2D eigenvalue weighted by atomic mass is 16.5. The van der Waals surface area contributed by atoms with Crippen LogP contribution in [-0.4, -0.2) is 31.7 Å². The fourth-order valence-corrected chi connectivity index (χ4v) is 3.73. The molecule has 1 unspecified atom stereocenters. The summed E-state index contributed by atoms with van der Waals surface area (Å²) in [5, 5.41) is 5.33. The highest BCUT2D eigenvalue weighted by Crippen LogP contribution is 2.44. The molecule has 0 saturated carbocycles. The molecular formula is C23H28N2O3. The zero-order valence-corrected chi connectivity index (χ0v) is 16.7. The Labute approximate surface area is 166 Å². The summed E-state index contributed by atoms with van der Waals surface area (Å²) in [6, 6.07) is 15.8. The molecule has 0 aromatic heterocycles. The van der Waals surface area contributed by atoms with Crippen molar-refractivity contribution < 1.29 is 14.3 Å². The first-order valence-corrected chi connectivity index (χ1v) is 9.84. The van der Waals surface area contributed by atoms with Crippen molar-refractivity contribution >= 4 is 12.0 Å². The Hall–Kier alpha value is -2.82. The average Bonchev–Trinajstić information content (AvgIpc) is 3.02. The van der Waals surface area contributed by atoms with Gasteiger partial charge < -0.3 is 15.4 Å². The fraction of sp³-hybridized carbons (Fsp3) is 0.391. The summed E-state index contributed by atoms with van der Waals surface area (Å²) in [6.45, 7) is 4.42. The maximum atomic E-state index is 12.4. The fourth-order valence-electron chi connectivity index (χ4n) is 3.73. The van der Waals surface area contributed by atoms with Crippen molar-refractivity contribution in [1.82, 2.24) is 10.6 Å². The van der Waals surface area contributed by atoms with E-state index in [1.165, 1.54) is 22.3 Å². The number of likely N-dealkylation sites (N-methyl/N-ethyl adjacent to an activating group) is 1. The highest BCUT2D eigenvalue weighted by Gasteiger charge is 2.29. The molecule has 0 bridgehead atoms. The lowest BCUT2D eigenvalue weighted by molar-refractivity contribution is -0.122. The van der Waals surface area contributed by atoms with Gasteiger partial charge in [-0.3, -0.25) is 4.79 Å². The molecule has 2 N–H and O–H groups in total. The zero-order chi connectivity index (χ0) is 20.1. The topological polar surface area (TPSA) is 67.4 Å². The van der Waals surface area contributed by atoms with Gasteiger partial charge in [-0.1, -0.05) is 62.4 Å². The van der Waals surface area contributed by atoms with Crippen LogP contribution in [-0.2, 0) is 9.53 Å². The molecule has 0 heterocycles. The Balaban J connectivity index is 1.66. The summed E-state index contributed by atoms with van der Waals surface area (Å²) in [5.74, 6) is 0.262. The minimum absolute atomic E-state index is 0.00673. The lowest BCUT2D eigenvalue weighted by Crippen LogP contribution is -2.46. The maximum Gasteiger partial charge on any atom is 0.407 e. The van der Waals surface area contributed by atoms with E-state index in [2.05, 4.69) is 48.7 Å². The van der Waals surface area contributed by atoms with E-state index in [9.17, 15) is 9.59 Å². The second-order valence-electron chi connectivity index (χ2n) is 7.61. The van der Waals surface area contributed by atoms with Gasteiger partial charge in [-0.25, -0.2) is 4.79 Å². The number of hydrogen-bond donors (Lipinski definition) is 2. The smallest absolute Gasteiger partial charge is 0.407 e. The van der Waals surface area contributed by atoms with Gasteiger partial charge in [0.1, 0.15) is 12.6 Å². The Kier molecular flexibility index (Phi) is 6.34. The van der Waals surface area contributed by atoms with Gasteiger partial charge >= 0.3 is 6.09 Å². The Morgan fingerprint density at radius 3 is 2.07 bits per heavy atom. The normalized spacial score (nSPS) is 13.6. The first-order chi connectivity index (χ1) is 13.5. The van der Waals surface area contributed by atoms with Crippen molar-refractivity contribution in [2.75, 3.05) is 13.7 Å². The number of carbonyl (C=O) groups is 2. The van der Waals surface area contributed by atoms with Crippen LogP contribution in [0.2, 0.25) is 0 Å². The number of nitrogens with one attached hydrogen (secondary N) is 2. The summed E-state index contributed by atoms with van der Waals surface area (Å²) >= 11 is 0. The zero-order valence-electron chi connectivity index (χ0n) is 16.7. The van der Waals surface area contributed by atoms with E-state index in [4.69, 9.17) is 4.74 Å². The number of hydrogen-bond acceptors (Lipinski definition) is 3. The lowest BCUT2D eigenvalue weighted by atomic mass is 9.98. The Bertz CT molecular complexity index is 802. The number of fused-ring (bicyclic) bond motifs is 3. The monoisotopic (exact) mass is 380 g/mol. The highest BCUT2D eigenvalue weighted by molar-refractivity contribution is 5.85. The summed E-state index contributed by atoms with van der Waals surface area (Å²) in [6.07, 6.45) is 0.878. The molecule has 2 amide bonds. The predicted octanol–water partition coefficient (Wildman–Crippen LogP) is 4.08. The third kappa shape index (κ3) is 4.35. The molecule has 0 radical (unpaired) electrons. The van der Waals surface area contributed by atoms with Crippen molar-refractivity contribution in [3.63, 3.8) is 0 Å². The number of alkyl carbamates (subject to hydrolysis) is 1. The largest absolute Gasteiger partial charge is 0.449 e. The third-order valence-corrected chi connectivity index (χ3v) is 5.23. The van der Waals surface area contributed by atoms with Gasteiger partial charge in [0.25, 0.3) is 0 Å². The van der Waals surface area contributed by atoms with Crippen LogP contribution < -0.4 is 10.6 Å². The molecule has 148 valence electrons. The van der Waals surface area contributed by atoms with Gasteiger partial charge in [-0.15, -0.1) is 0 Å². The molecule has 0 saturated heterocycles. The quantitative estimate of drug-likeness (QED) is 0.761. The van der Waals surface area contributed by atoms with E-state index in [0.29, 0.717) is 12.3 Å². The summed E-state index contributed by atoms with van der Waals surface area (Å²) in [4.78, 5) is 24.5. The molecule has 0 aliphatic heterocycles. The summed E-state index contributed by atoms with van der Waals surface area (Å²) in [7, 11) is 1.57. The molecule has 1 atom stereocenters. The van der Waals surface area contributed by atoms with Crippen LogP contribution in [0, 0.1) is 5.92 Å². The van der Waals surface area contributed by atoms with Crippen molar-refractivity contribution in [3.05, 3.63) is 59.7 Å². The van der Waals surface area contributed by atoms with Crippen molar-refractivity contribution in [2.45, 2.75) is 38.6 Å². The average molecular weight is 380 g/mol. The van der Waals surface area contributed by atoms with Gasteiger partial charge in [0.05, 0.1) is 0 Å². The number of rotatable bonds is 7. The van der Waals surface area contributed by atoms with E-state index in [1.807, 2.05) is 24.3 Å². The van der Waals surface area contributed by atoms with Gasteiger partial charge in [0, 0.05) is 13.0 Å². The number of benzene rings is 2. The van der Waals surface area contributed by atoms with Gasteiger partial charge in [-0.2, -0.15) is 0 Å². The van der Waals surface area contributed by atoms with E-state index in [1.54, 1.807) is 7.05 Å². The summed E-state index contributed by atoms with van der Waals surface area (Å²) in [5.41, 5.74) is 4.71. The van der Waals surface area contributed by atoms with Crippen LogP contribution >= 0.6 is 0 Å². The minimum atomic E-state index is -0.581. The molecule has 1 aliphatic rings. The molecule has 5 nitrogen and oxygen atoms in total. The minimum Gasteiger partial charge on any atom is -0.449 e. The van der Waals surface area contributed by atoms with E-state index in [-0.39, 0.29) is 18.4 Å². The SMILES string of the molecule is CNC(=O)C(CCC(C)C)NC(=O)OCC1c2ccccc2-c2ccccc21. The number of amides is 2. The maximum absolute atomic E-state index is 12.4. The van der Waals surface area contributed by atoms with Crippen molar-refractivity contribution in [3.8, 4) is 11.1 Å². The van der Waals surface area contributed by atoms with Crippen LogP contribution in [0.4, 0.5) is 4.79 Å². The molecular weight excluding hydrogens is 352 g/mol. The molecule has 28 heavy (non-hydrogen) atoms.